The molecule has 0 unspecified atom stereocenters. The minimum absolute atomic E-state index is 0.116. The predicted molar refractivity (Wildman–Crippen MR) is 42.5 cm³/mol. The summed E-state index contributed by atoms with van der Waals surface area (Å²) in [6.45, 7) is 0. The van der Waals surface area contributed by atoms with E-state index < -0.39 is 5.91 Å². The first-order chi connectivity index (χ1) is 5.79. The van der Waals surface area contributed by atoms with Gasteiger partial charge in [0, 0.05) is 0 Å². The van der Waals surface area contributed by atoms with Gasteiger partial charge >= 0.3 is 0 Å². The molecule has 2 rings (SSSR count). The van der Waals surface area contributed by atoms with E-state index >= 15 is 0 Å². The monoisotopic (exact) mass is 162 g/mol. The minimum Gasteiger partial charge on any atom is -0.363 e. The summed E-state index contributed by atoms with van der Waals surface area (Å²) in [5.41, 5.74) is 5.70. The number of nitrogens with two attached hydrogens (primary N) is 1. The molecule has 4 heteroatoms. The Kier molecular flexibility index (Phi) is 1.33. The highest BCUT2D eigenvalue weighted by Crippen LogP contribution is 2.16. The summed E-state index contributed by atoms with van der Waals surface area (Å²) in [7, 11) is 0. The Morgan fingerprint density at radius 1 is 1.42 bits per heavy atom. The maximum absolute atomic E-state index is 10.8. The van der Waals surface area contributed by atoms with E-state index in [1.165, 1.54) is 0 Å². The van der Waals surface area contributed by atoms with Crippen molar-refractivity contribution in [3.05, 3.63) is 30.0 Å². The molecule has 0 bridgehead atoms. The first kappa shape index (κ1) is 6.84. The van der Waals surface area contributed by atoms with Crippen molar-refractivity contribution in [3.8, 4) is 0 Å². The minimum atomic E-state index is -0.594. The number of amides is 1. The van der Waals surface area contributed by atoms with E-state index in [1.54, 1.807) is 18.2 Å². The zero-order chi connectivity index (χ0) is 8.55. The second-order valence-corrected chi connectivity index (χ2v) is 2.39. The number of rotatable bonds is 1. The quantitative estimate of drug-likeness (QED) is 0.678. The normalized spacial score (nSPS) is 10.3. The largest absolute Gasteiger partial charge is 0.363 e. The van der Waals surface area contributed by atoms with Crippen molar-refractivity contribution in [2.24, 2.45) is 5.73 Å². The van der Waals surface area contributed by atoms with Crippen LogP contribution in [0.1, 0.15) is 10.6 Å². The standard InChI is InChI=1S/C8H6N2O2/c9-8(11)7-5-3-1-2-4-6(5)10-12-7/h1-4H,(H2,9,11). The van der Waals surface area contributed by atoms with Crippen molar-refractivity contribution in [1.29, 1.82) is 0 Å². The lowest BCUT2D eigenvalue weighted by Gasteiger charge is -1.86. The van der Waals surface area contributed by atoms with Gasteiger partial charge in [-0.05, 0) is 12.1 Å². The van der Waals surface area contributed by atoms with Crippen molar-refractivity contribution in [2.75, 3.05) is 0 Å². The third-order valence-corrected chi connectivity index (χ3v) is 1.61. The Hall–Kier alpha value is -1.84. The number of carbonyl (C=O) groups excluding carboxylic acids is 1. The molecule has 2 aromatic rings. The van der Waals surface area contributed by atoms with E-state index in [2.05, 4.69) is 5.16 Å². The summed E-state index contributed by atoms with van der Waals surface area (Å²) >= 11 is 0. The molecule has 1 aromatic carbocycles. The van der Waals surface area contributed by atoms with Gasteiger partial charge in [-0.3, -0.25) is 4.79 Å². The molecule has 0 aliphatic rings. The molecule has 0 radical (unpaired) electrons. The van der Waals surface area contributed by atoms with Crippen LogP contribution < -0.4 is 5.73 Å². The summed E-state index contributed by atoms with van der Waals surface area (Å²) in [5.74, 6) is -0.477. The summed E-state index contributed by atoms with van der Waals surface area (Å²) in [6, 6.07) is 7.11. The fourth-order valence-corrected chi connectivity index (χ4v) is 1.07. The molecule has 12 heavy (non-hydrogen) atoms. The maximum atomic E-state index is 10.8. The average molecular weight is 162 g/mol. The van der Waals surface area contributed by atoms with Crippen LogP contribution in [-0.2, 0) is 0 Å². The molecule has 0 aliphatic heterocycles. The molecular formula is C8H6N2O2. The molecule has 60 valence electrons. The van der Waals surface area contributed by atoms with E-state index in [9.17, 15) is 4.79 Å². The smallest absolute Gasteiger partial charge is 0.287 e. The fourth-order valence-electron chi connectivity index (χ4n) is 1.07. The fraction of sp³-hybridized carbons (Fsp3) is 0. The molecule has 2 N–H and O–H groups in total. The van der Waals surface area contributed by atoms with Crippen LogP contribution in [0.15, 0.2) is 28.8 Å². The van der Waals surface area contributed by atoms with E-state index in [1.807, 2.05) is 6.07 Å². The summed E-state index contributed by atoms with van der Waals surface area (Å²) in [4.78, 5) is 10.8. The van der Waals surface area contributed by atoms with E-state index in [4.69, 9.17) is 10.3 Å². The van der Waals surface area contributed by atoms with Crippen LogP contribution in [-0.4, -0.2) is 11.1 Å². The number of aromatic nitrogens is 1. The lowest BCUT2D eigenvalue weighted by molar-refractivity contribution is 0.0967. The molecular weight excluding hydrogens is 156 g/mol. The second kappa shape index (κ2) is 2.34. The van der Waals surface area contributed by atoms with Gasteiger partial charge < -0.3 is 10.3 Å². The molecule has 0 aliphatic carbocycles. The van der Waals surface area contributed by atoms with Crippen LogP contribution in [0.25, 0.3) is 10.9 Å². The molecule has 1 heterocycles. The molecule has 1 amide bonds. The molecule has 0 atom stereocenters. The molecule has 0 spiro atoms. The van der Waals surface area contributed by atoms with Gasteiger partial charge in [0.25, 0.3) is 5.91 Å². The zero-order valence-corrected chi connectivity index (χ0v) is 6.15. The topological polar surface area (TPSA) is 69.1 Å². The van der Waals surface area contributed by atoms with Gasteiger partial charge in [0.05, 0.1) is 5.39 Å². The van der Waals surface area contributed by atoms with Gasteiger partial charge in [-0.2, -0.15) is 0 Å². The van der Waals surface area contributed by atoms with Crippen molar-refractivity contribution < 1.29 is 9.32 Å². The van der Waals surface area contributed by atoms with Gasteiger partial charge in [-0.25, -0.2) is 0 Å². The van der Waals surface area contributed by atoms with Crippen LogP contribution in [0.4, 0.5) is 0 Å². The molecule has 0 saturated heterocycles. The average Bonchev–Trinajstić information content (AvgIpc) is 2.47. The number of hydrogen-bond donors (Lipinski definition) is 1. The Balaban J connectivity index is 2.79. The lowest BCUT2D eigenvalue weighted by atomic mass is 10.2. The second-order valence-electron chi connectivity index (χ2n) is 2.39. The van der Waals surface area contributed by atoms with Gasteiger partial charge in [0.15, 0.2) is 0 Å². The first-order valence-corrected chi connectivity index (χ1v) is 3.43. The van der Waals surface area contributed by atoms with E-state index in [-0.39, 0.29) is 5.76 Å². The highest BCUT2D eigenvalue weighted by molar-refractivity contribution is 6.02. The number of fused-ring (bicyclic) bond motifs is 1. The third-order valence-electron chi connectivity index (χ3n) is 1.61. The van der Waals surface area contributed by atoms with Gasteiger partial charge in [-0.15, -0.1) is 0 Å². The maximum Gasteiger partial charge on any atom is 0.287 e. The van der Waals surface area contributed by atoms with Gasteiger partial charge in [-0.1, -0.05) is 17.3 Å². The Morgan fingerprint density at radius 3 is 2.92 bits per heavy atom. The number of nitrogens with zero attached hydrogens (tertiary/aromatic N) is 1. The zero-order valence-electron chi connectivity index (χ0n) is 6.15. The highest BCUT2D eigenvalue weighted by atomic mass is 16.5. The SMILES string of the molecule is NC(=O)c1onc2ccccc12. The van der Waals surface area contributed by atoms with Crippen LogP contribution in [0.5, 0.6) is 0 Å². The van der Waals surface area contributed by atoms with Crippen LogP contribution in [0, 0.1) is 0 Å². The van der Waals surface area contributed by atoms with E-state index in [0.717, 1.165) is 0 Å². The van der Waals surface area contributed by atoms with Crippen molar-refractivity contribution in [1.82, 2.24) is 5.16 Å². The van der Waals surface area contributed by atoms with Gasteiger partial charge in [0.1, 0.15) is 5.52 Å². The highest BCUT2D eigenvalue weighted by Gasteiger charge is 2.11. The van der Waals surface area contributed by atoms with Crippen molar-refractivity contribution in [3.63, 3.8) is 0 Å². The Labute approximate surface area is 67.9 Å². The summed E-state index contributed by atoms with van der Waals surface area (Å²) in [5, 5.41) is 4.32. The number of carbonyl (C=O) groups is 1. The summed E-state index contributed by atoms with van der Waals surface area (Å²) < 4.78 is 4.75. The molecule has 0 fully saturated rings. The number of hydrogen-bond acceptors (Lipinski definition) is 3. The molecule has 4 nitrogen and oxygen atoms in total. The van der Waals surface area contributed by atoms with Crippen LogP contribution in [0.3, 0.4) is 0 Å². The Bertz CT molecular complexity index is 433. The van der Waals surface area contributed by atoms with E-state index in [0.29, 0.717) is 10.9 Å². The molecule has 0 saturated carbocycles. The van der Waals surface area contributed by atoms with Crippen LogP contribution >= 0.6 is 0 Å². The Morgan fingerprint density at radius 2 is 2.17 bits per heavy atom. The van der Waals surface area contributed by atoms with Crippen molar-refractivity contribution >= 4 is 16.8 Å². The first-order valence-electron chi connectivity index (χ1n) is 3.43. The lowest BCUT2D eigenvalue weighted by Crippen LogP contribution is -2.09. The van der Waals surface area contributed by atoms with Crippen molar-refractivity contribution in [2.45, 2.75) is 0 Å². The summed E-state index contributed by atoms with van der Waals surface area (Å²) in [6.07, 6.45) is 0. The molecule has 1 aromatic heterocycles. The third kappa shape index (κ3) is 0.852. The van der Waals surface area contributed by atoms with Gasteiger partial charge in [0.2, 0.25) is 5.76 Å². The predicted octanol–water partition coefficient (Wildman–Crippen LogP) is 0.927. The number of benzene rings is 1. The number of primary amides is 1. The van der Waals surface area contributed by atoms with Crippen LogP contribution in [0.2, 0.25) is 0 Å².